The van der Waals surface area contributed by atoms with Gasteiger partial charge < -0.3 is 15.3 Å². The van der Waals surface area contributed by atoms with Crippen LogP contribution in [0, 0.1) is 5.92 Å². The van der Waals surface area contributed by atoms with Crippen molar-refractivity contribution in [3.05, 3.63) is 12.3 Å². The van der Waals surface area contributed by atoms with E-state index in [1.807, 2.05) is 13.8 Å². The molecule has 1 aliphatic heterocycles. The summed E-state index contributed by atoms with van der Waals surface area (Å²) in [6.45, 7) is 8.16. The predicted octanol–water partition coefficient (Wildman–Crippen LogP) is 2.62. The number of aliphatic hydroxyl groups is 1. The Morgan fingerprint density at radius 2 is 2.07 bits per heavy atom. The van der Waals surface area contributed by atoms with E-state index in [4.69, 9.17) is 0 Å². The first-order valence-electron chi connectivity index (χ1n) is 11.0. The van der Waals surface area contributed by atoms with Crippen molar-refractivity contribution in [2.45, 2.75) is 90.4 Å². The molecule has 2 aliphatic rings. The van der Waals surface area contributed by atoms with Gasteiger partial charge in [0, 0.05) is 24.0 Å². The molecule has 1 aliphatic carbocycles. The van der Waals surface area contributed by atoms with Crippen molar-refractivity contribution in [1.82, 2.24) is 14.7 Å². The Bertz CT molecular complexity index is 787. The van der Waals surface area contributed by atoms with Crippen LogP contribution in [0.2, 0.25) is 0 Å². The van der Waals surface area contributed by atoms with Crippen LogP contribution in [0.3, 0.4) is 0 Å². The van der Waals surface area contributed by atoms with Gasteiger partial charge in [0.2, 0.25) is 11.8 Å². The Kier molecular flexibility index (Phi) is 6.95. The number of nitrogens with zero attached hydrogens (tertiary/aromatic N) is 4. The van der Waals surface area contributed by atoms with Crippen LogP contribution in [-0.4, -0.2) is 61.5 Å². The van der Waals surface area contributed by atoms with Crippen LogP contribution in [0.5, 0.6) is 0 Å². The number of likely N-dealkylation sites (tertiary alicyclic amines) is 1. The second-order valence-corrected chi connectivity index (χ2v) is 9.59. The van der Waals surface area contributed by atoms with E-state index in [0.717, 1.165) is 18.6 Å². The Morgan fingerprint density at radius 1 is 1.37 bits per heavy atom. The number of hydrogen-bond acceptors (Lipinski definition) is 5. The molecule has 166 valence electrons. The lowest BCUT2D eigenvalue weighted by atomic mass is 9.97. The quantitative estimate of drug-likeness (QED) is 0.679. The highest BCUT2D eigenvalue weighted by Crippen LogP contribution is 2.31. The highest BCUT2D eigenvalue weighted by molar-refractivity contribution is 6.10. The lowest BCUT2D eigenvalue weighted by Gasteiger charge is -2.28. The smallest absolute Gasteiger partial charge is 0.248 e. The average Bonchev–Trinajstić information content (AvgIpc) is 3.33. The zero-order valence-electron chi connectivity index (χ0n) is 18.6. The van der Waals surface area contributed by atoms with Gasteiger partial charge in [-0.15, -0.1) is 0 Å². The number of rotatable bonds is 8. The molecule has 0 aromatic carbocycles. The molecule has 30 heavy (non-hydrogen) atoms. The van der Waals surface area contributed by atoms with E-state index in [2.05, 4.69) is 15.4 Å². The topological polar surface area (TPSA) is 99.8 Å². The van der Waals surface area contributed by atoms with Gasteiger partial charge in [0.1, 0.15) is 6.04 Å². The minimum atomic E-state index is -0.896. The van der Waals surface area contributed by atoms with Crippen molar-refractivity contribution in [2.75, 3.05) is 11.9 Å². The van der Waals surface area contributed by atoms with Gasteiger partial charge in [-0.2, -0.15) is 5.10 Å². The molecule has 0 radical (unpaired) electrons. The van der Waals surface area contributed by atoms with Crippen molar-refractivity contribution in [2.24, 2.45) is 10.9 Å². The summed E-state index contributed by atoms with van der Waals surface area (Å²) in [6, 6.07) is 1.34. The van der Waals surface area contributed by atoms with Crippen LogP contribution in [0.15, 0.2) is 17.3 Å². The highest BCUT2D eigenvalue weighted by Gasteiger charge is 2.37. The Hall–Kier alpha value is -2.22. The first-order chi connectivity index (χ1) is 14.1. The Morgan fingerprint density at radius 3 is 2.70 bits per heavy atom. The number of carbonyl (C=O) groups is 2. The molecule has 1 saturated carbocycles. The summed E-state index contributed by atoms with van der Waals surface area (Å²) in [6.07, 6.45) is 7.30. The van der Waals surface area contributed by atoms with E-state index in [1.165, 1.54) is 12.8 Å². The number of amides is 2. The van der Waals surface area contributed by atoms with Crippen LogP contribution in [0.25, 0.3) is 0 Å². The molecular weight excluding hydrogens is 382 g/mol. The minimum Gasteiger partial charge on any atom is -0.389 e. The second kappa shape index (κ2) is 9.29. The average molecular weight is 418 g/mol. The molecule has 8 heteroatoms. The van der Waals surface area contributed by atoms with E-state index in [9.17, 15) is 14.7 Å². The summed E-state index contributed by atoms with van der Waals surface area (Å²) in [5, 5.41) is 17.2. The van der Waals surface area contributed by atoms with Crippen LogP contribution in [-0.2, 0) is 16.1 Å². The molecule has 0 spiro atoms. The fourth-order valence-corrected chi connectivity index (χ4v) is 4.41. The van der Waals surface area contributed by atoms with Gasteiger partial charge in [-0.3, -0.25) is 19.3 Å². The molecule has 1 atom stereocenters. The molecule has 2 N–H and O–H groups in total. The molecule has 1 aromatic rings. The molecular formula is C22H35N5O3. The molecule has 3 rings (SSSR count). The molecule has 8 nitrogen and oxygen atoms in total. The number of aromatic nitrogens is 2. The summed E-state index contributed by atoms with van der Waals surface area (Å²) in [7, 11) is 0. The van der Waals surface area contributed by atoms with Gasteiger partial charge in [-0.1, -0.05) is 25.7 Å². The Balaban J connectivity index is 1.73. The molecule has 2 heterocycles. The zero-order valence-corrected chi connectivity index (χ0v) is 18.6. The summed E-state index contributed by atoms with van der Waals surface area (Å²) in [4.78, 5) is 32.2. The maximum absolute atomic E-state index is 13.2. The zero-order chi connectivity index (χ0) is 21.9. The van der Waals surface area contributed by atoms with E-state index in [1.54, 1.807) is 35.7 Å². The number of anilines is 1. The van der Waals surface area contributed by atoms with Crippen molar-refractivity contribution < 1.29 is 14.7 Å². The second-order valence-electron chi connectivity index (χ2n) is 9.59. The highest BCUT2D eigenvalue weighted by atomic mass is 16.3. The fraction of sp³-hybridized carbons (Fsp3) is 0.727. The van der Waals surface area contributed by atoms with E-state index in [0.29, 0.717) is 37.7 Å². The van der Waals surface area contributed by atoms with Gasteiger partial charge in [-0.25, -0.2) is 0 Å². The molecule has 1 saturated heterocycles. The largest absolute Gasteiger partial charge is 0.389 e. The molecule has 1 aromatic heterocycles. The van der Waals surface area contributed by atoms with E-state index >= 15 is 0 Å². The van der Waals surface area contributed by atoms with Gasteiger partial charge in [0.15, 0.2) is 5.82 Å². The number of carbonyl (C=O) groups excluding carboxylic acids is 2. The van der Waals surface area contributed by atoms with E-state index < -0.39 is 11.6 Å². The van der Waals surface area contributed by atoms with Crippen molar-refractivity contribution in [1.29, 1.82) is 0 Å². The maximum atomic E-state index is 13.2. The lowest BCUT2D eigenvalue weighted by Crippen LogP contribution is -2.46. The van der Waals surface area contributed by atoms with Crippen molar-refractivity contribution >= 4 is 23.3 Å². The third-order valence-electron chi connectivity index (χ3n) is 5.62. The first-order valence-corrected chi connectivity index (χ1v) is 11.0. The Labute approximate surface area is 178 Å². The normalized spacial score (nSPS) is 20.5. The maximum Gasteiger partial charge on any atom is 0.248 e. The number of nitrogens with one attached hydrogen (secondary N) is 1. The van der Waals surface area contributed by atoms with Gasteiger partial charge in [0.05, 0.1) is 25.1 Å². The molecule has 2 amide bonds. The molecule has 2 fully saturated rings. The van der Waals surface area contributed by atoms with Gasteiger partial charge in [0.25, 0.3) is 0 Å². The third-order valence-corrected chi connectivity index (χ3v) is 5.62. The van der Waals surface area contributed by atoms with Crippen molar-refractivity contribution in [3.63, 3.8) is 0 Å². The summed E-state index contributed by atoms with van der Waals surface area (Å²) in [5.41, 5.74) is -0.0411. The third kappa shape index (κ3) is 6.14. The summed E-state index contributed by atoms with van der Waals surface area (Å²) in [5.74, 6) is 0.672. The van der Waals surface area contributed by atoms with Crippen LogP contribution in [0.1, 0.15) is 66.2 Å². The van der Waals surface area contributed by atoms with Gasteiger partial charge in [-0.05, 0) is 40.0 Å². The summed E-state index contributed by atoms with van der Waals surface area (Å²) >= 11 is 0. The number of aliphatic imine (C=N–C) groups is 1. The monoisotopic (exact) mass is 417 g/mol. The fourth-order valence-electron chi connectivity index (χ4n) is 4.41. The van der Waals surface area contributed by atoms with Crippen LogP contribution in [0.4, 0.5) is 5.82 Å². The summed E-state index contributed by atoms with van der Waals surface area (Å²) < 4.78 is 1.61. The van der Waals surface area contributed by atoms with Gasteiger partial charge >= 0.3 is 0 Å². The minimum absolute atomic E-state index is 0.0277. The molecule has 0 bridgehead atoms. The first kappa shape index (κ1) is 22.5. The molecule has 1 unspecified atom stereocenters. The van der Waals surface area contributed by atoms with Crippen molar-refractivity contribution in [3.8, 4) is 0 Å². The predicted molar refractivity (Wildman–Crippen MR) is 116 cm³/mol. The van der Waals surface area contributed by atoms with E-state index in [-0.39, 0.29) is 17.9 Å². The number of hydrogen-bond donors (Lipinski definition) is 2. The lowest BCUT2D eigenvalue weighted by molar-refractivity contribution is -0.135. The SMILES string of the molecule is CC(C)N=C1CC(=O)N(C(CC2CCCC2)C(=O)Nc2ccn(CC(C)(C)O)n2)C1. The standard InChI is InChI=1S/C22H35N5O3/c1-15(2)23-17-12-20(28)27(13-17)18(11-16-7-5-6-8-16)21(29)24-19-9-10-26(25-19)14-22(3,4)30/h9-10,15-16,18,30H,5-8,11-14H2,1-4H3,(H,24,25,29). The van der Waals surface area contributed by atoms with Crippen LogP contribution < -0.4 is 5.32 Å². The van der Waals surface area contributed by atoms with Crippen LogP contribution >= 0.6 is 0 Å².